The number of fused-ring (bicyclic) bond motifs is 2. The highest BCUT2D eigenvalue weighted by molar-refractivity contribution is 6.02. The van der Waals surface area contributed by atoms with Gasteiger partial charge in [0.25, 0.3) is 0 Å². The van der Waals surface area contributed by atoms with Crippen molar-refractivity contribution in [2.75, 3.05) is 40.6 Å². The molecule has 1 fully saturated rings. The summed E-state index contributed by atoms with van der Waals surface area (Å²) in [5, 5.41) is 27.2. The number of amides is 2. The third-order valence-corrected chi connectivity index (χ3v) is 12.8. The molecule has 12 heteroatoms. The molecule has 3 aliphatic rings. The number of unbranched alkanes of at least 4 members (excludes halogenated alkanes) is 11. The molecule has 0 unspecified atom stereocenters. The first-order valence-corrected chi connectivity index (χ1v) is 23.3. The van der Waals surface area contributed by atoms with Gasteiger partial charge in [0.1, 0.15) is 24.7 Å². The molecule has 12 nitrogen and oxygen atoms in total. The van der Waals surface area contributed by atoms with Gasteiger partial charge in [0, 0.05) is 44.7 Å². The molecule has 2 amide bonds. The van der Waals surface area contributed by atoms with Crippen LogP contribution in [0, 0.1) is 17.8 Å². The van der Waals surface area contributed by atoms with Gasteiger partial charge in [0.2, 0.25) is 5.79 Å². The standard InChI is InChI=1S/C50H73N3O9/c1-5-7-8-9-10-11-12-13-14-22-32-59-49(57)53(3)45-35-43(52-58-4)41-33-38(25-18-20-29-54)40(26-19-21-30-55)46-42-34-39(61-48(56)51-36-37-23-16-15-17-24-37)27-28-44(42)62-50(45,47(41)46)60-31-6-2/h6,15-17,23-24,27-28,33-34,38,40,45-47,54-55H,2,5,7-14,18-22,25-26,29-32,35-36H2,1,3-4H3,(H,51,56)/t38-,40+,45-,46+,47+,50+/m0/s1. The second kappa shape index (κ2) is 25.7. The number of ether oxygens (including phenoxy) is 4. The van der Waals surface area contributed by atoms with Crippen LogP contribution in [0.5, 0.6) is 11.5 Å². The van der Waals surface area contributed by atoms with Crippen molar-refractivity contribution < 1.29 is 43.6 Å². The lowest BCUT2D eigenvalue weighted by Gasteiger charge is -2.59. The van der Waals surface area contributed by atoms with Crippen molar-refractivity contribution in [3.8, 4) is 11.5 Å². The topological polar surface area (TPSA) is 148 Å². The second-order valence-corrected chi connectivity index (χ2v) is 17.1. The maximum Gasteiger partial charge on any atom is 0.412 e. The van der Waals surface area contributed by atoms with Gasteiger partial charge in [-0.25, -0.2) is 9.59 Å². The molecule has 2 aliphatic carbocycles. The van der Waals surface area contributed by atoms with Crippen LogP contribution in [0.15, 0.2) is 78.0 Å². The minimum absolute atomic E-state index is 0.0293. The Bertz CT molecular complexity index is 1750. The Morgan fingerprint density at radius 3 is 2.31 bits per heavy atom. The molecule has 2 aromatic carbocycles. The molecule has 5 rings (SSSR count). The Balaban J connectivity index is 1.48. The SMILES string of the molecule is C=CCO[C@@]12Oc3ccc(OC(=O)NCc4ccccc4)cc3[C@H]3[C@H](CCCCO)[C@@H](CCCCO)C=C(C(=NOC)C[C@@H]1N(C)C(=O)OCCCCCCCCCCCC)[C@H]32. The molecule has 0 radical (unpaired) electrons. The second-order valence-electron chi connectivity index (χ2n) is 17.1. The summed E-state index contributed by atoms with van der Waals surface area (Å²) in [6.07, 6.45) is 19.6. The van der Waals surface area contributed by atoms with Crippen LogP contribution in [0.4, 0.5) is 9.59 Å². The van der Waals surface area contributed by atoms with Gasteiger partial charge in [-0.3, -0.25) is 0 Å². The fourth-order valence-electron chi connectivity index (χ4n) is 9.79. The average Bonchev–Trinajstić information content (AvgIpc) is 3.28. The minimum atomic E-state index is -1.39. The number of allylic oxidation sites excluding steroid dienone is 1. The van der Waals surface area contributed by atoms with Crippen LogP contribution in [-0.4, -0.2) is 85.4 Å². The van der Waals surface area contributed by atoms with Crippen molar-refractivity contribution in [1.29, 1.82) is 0 Å². The monoisotopic (exact) mass is 860 g/mol. The van der Waals surface area contributed by atoms with Crippen molar-refractivity contribution >= 4 is 17.9 Å². The van der Waals surface area contributed by atoms with Gasteiger partial charge >= 0.3 is 12.2 Å². The molecule has 0 bridgehead atoms. The molecule has 1 heterocycles. The van der Waals surface area contributed by atoms with E-state index in [-0.39, 0.29) is 44.0 Å². The zero-order chi connectivity index (χ0) is 44.2. The Kier molecular flexibility index (Phi) is 20.1. The summed E-state index contributed by atoms with van der Waals surface area (Å²) in [5.41, 5.74) is 3.43. The number of benzene rings is 2. The van der Waals surface area contributed by atoms with E-state index in [1.54, 1.807) is 24.1 Å². The average molecular weight is 860 g/mol. The molecule has 1 aliphatic heterocycles. The third-order valence-electron chi connectivity index (χ3n) is 12.8. The largest absolute Gasteiger partial charge is 0.459 e. The number of rotatable bonds is 27. The van der Waals surface area contributed by atoms with E-state index in [1.165, 1.54) is 52.1 Å². The van der Waals surface area contributed by atoms with Crippen LogP contribution < -0.4 is 14.8 Å². The number of carbonyl (C=O) groups is 2. The summed E-state index contributed by atoms with van der Waals surface area (Å²) in [7, 11) is 3.26. The van der Waals surface area contributed by atoms with Gasteiger partial charge in [-0.1, -0.05) is 125 Å². The number of nitrogens with one attached hydrogen (secondary N) is 1. The van der Waals surface area contributed by atoms with Gasteiger partial charge < -0.3 is 44.2 Å². The fourth-order valence-corrected chi connectivity index (χ4v) is 9.79. The van der Waals surface area contributed by atoms with Crippen LogP contribution in [0.25, 0.3) is 0 Å². The molecule has 2 aromatic rings. The van der Waals surface area contributed by atoms with Gasteiger partial charge in [0.15, 0.2) is 0 Å². The molecule has 62 heavy (non-hydrogen) atoms. The molecule has 0 spiro atoms. The van der Waals surface area contributed by atoms with Crippen LogP contribution >= 0.6 is 0 Å². The van der Waals surface area contributed by atoms with Gasteiger partial charge in [0.05, 0.1) is 24.8 Å². The zero-order valence-electron chi connectivity index (χ0n) is 37.6. The number of likely N-dealkylation sites (N-methyl/N-ethyl adjacent to an activating group) is 1. The van der Waals surface area contributed by atoms with E-state index in [1.807, 2.05) is 42.5 Å². The minimum Gasteiger partial charge on any atom is -0.459 e. The summed E-state index contributed by atoms with van der Waals surface area (Å²) in [6, 6.07) is 14.4. The van der Waals surface area contributed by atoms with Crippen LogP contribution in [-0.2, 0) is 20.9 Å². The first-order valence-electron chi connectivity index (χ1n) is 23.3. The molecule has 342 valence electrons. The molecular weight excluding hydrogens is 787 g/mol. The third kappa shape index (κ3) is 12.8. The first-order chi connectivity index (χ1) is 30.3. The fraction of sp³-hybridized carbons (Fsp3) is 0.620. The van der Waals surface area contributed by atoms with E-state index in [0.717, 1.165) is 61.6 Å². The summed E-state index contributed by atoms with van der Waals surface area (Å²) < 4.78 is 25.9. The van der Waals surface area contributed by atoms with Gasteiger partial charge in [-0.15, -0.1) is 6.58 Å². The number of hydrogen-bond acceptors (Lipinski definition) is 10. The van der Waals surface area contributed by atoms with E-state index in [4.69, 9.17) is 23.8 Å². The molecule has 3 N–H and O–H groups in total. The van der Waals surface area contributed by atoms with E-state index >= 15 is 0 Å². The number of aliphatic hydroxyl groups is 2. The predicted molar refractivity (Wildman–Crippen MR) is 242 cm³/mol. The Morgan fingerprint density at radius 1 is 0.935 bits per heavy atom. The highest BCUT2D eigenvalue weighted by Crippen LogP contribution is 2.61. The van der Waals surface area contributed by atoms with Crippen LogP contribution in [0.3, 0.4) is 0 Å². The van der Waals surface area contributed by atoms with Crippen molar-refractivity contribution in [3.05, 3.63) is 84.0 Å². The van der Waals surface area contributed by atoms with E-state index in [2.05, 4.69) is 30.1 Å². The van der Waals surface area contributed by atoms with Crippen molar-refractivity contribution in [3.63, 3.8) is 0 Å². The molecule has 1 saturated carbocycles. The lowest BCUT2D eigenvalue weighted by Crippen LogP contribution is -2.69. The quantitative estimate of drug-likeness (QED) is 0.0454. The molecular formula is C50H73N3O9. The van der Waals surface area contributed by atoms with Crippen LogP contribution in [0.1, 0.15) is 133 Å². The van der Waals surface area contributed by atoms with Crippen molar-refractivity contribution in [2.24, 2.45) is 22.9 Å². The van der Waals surface area contributed by atoms with Gasteiger partial charge in [-0.05, 0) is 73.3 Å². The van der Waals surface area contributed by atoms with E-state index in [0.29, 0.717) is 43.2 Å². The first kappa shape index (κ1) is 48.6. The smallest absolute Gasteiger partial charge is 0.412 e. The highest BCUT2D eigenvalue weighted by Gasteiger charge is 2.65. The number of nitrogens with zero attached hydrogens (tertiary/aromatic N) is 2. The number of carbonyl (C=O) groups excluding carboxylic acids is 2. The maximum absolute atomic E-state index is 14.1. The molecule has 0 saturated heterocycles. The Morgan fingerprint density at radius 2 is 1.63 bits per heavy atom. The van der Waals surface area contributed by atoms with Crippen molar-refractivity contribution in [2.45, 2.75) is 140 Å². The van der Waals surface area contributed by atoms with Crippen molar-refractivity contribution in [1.82, 2.24) is 10.2 Å². The van der Waals surface area contributed by atoms with E-state index in [9.17, 15) is 19.8 Å². The zero-order valence-corrected chi connectivity index (χ0v) is 37.6. The Hall–Kier alpha value is -4.39. The summed E-state index contributed by atoms with van der Waals surface area (Å²) in [4.78, 5) is 34.4. The summed E-state index contributed by atoms with van der Waals surface area (Å²) in [5.74, 6) is -1.09. The molecule has 6 atom stereocenters. The number of aliphatic hydroxyl groups excluding tert-OH is 2. The Labute approximate surface area is 370 Å². The predicted octanol–water partition coefficient (Wildman–Crippen LogP) is 10.2. The van der Waals surface area contributed by atoms with E-state index < -0.39 is 29.9 Å². The lowest BCUT2D eigenvalue weighted by molar-refractivity contribution is -0.253. The van der Waals surface area contributed by atoms with Crippen LogP contribution in [0.2, 0.25) is 0 Å². The number of oxime groups is 1. The van der Waals surface area contributed by atoms with Gasteiger partial charge in [-0.2, -0.15) is 0 Å². The summed E-state index contributed by atoms with van der Waals surface area (Å²) >= 11 is 0. The maximum atomic E-state index is 14.1. The molecule has 0 aromatic heterocycles. The summed E-state index contributed by atoms with van der Waals surface area (Å²) in [6.45, 7) is 7.20. The normalized spacial score (nSPS) is 23.0. The lowest BCUT2D eigenvalue weighted by atomic mass is 9.55. The highest BCUT2D eigenvalue weighted by atomic mass is 16.7. The number of hydrogen-bond donors (Lipinski definition) is 3.